The van der Waals surface area contributed by atoms with Gasteiger partial charge in [-0.05, 0) is 36.6 Å². The summed E-state index contributed by atoms with van der Waals surface area (Å²) in [5.74, 6) is 1.39. The average Bonchev–Trinajstić information content (AvgIpc) is 2.27. The first kappa shape index (κ1) is 14.1. The third kappa shape index (κ3) is 4.83. The Morgan fingerprint density at radius 1 is 1.24 bits per heavy atom. The van der Waals surface area contributed by atoms with E-state index in [9.17, 15) is 8.42 Å². The van der Waals surface area contributed by atoms with Crippen LogP contribution < -0.4 is 9.47 Å². The van der Waals surface area contributed by atoms with E-state index in [0.717, 1.165) is 17.1 Å². The van der Waals surface area contributed by atoms with Gasteiger partial charge in [0.25, 0.3) is 0 Å². The summed E-state index contributed by atoms with van der Waals surface area (Å²) in [6, 6.07) is 5.42. The smallest absolute Gasteiger partial charge is 0.232 e. The molecule has 0 aromatic heterocycles. The average molecular weight is 279 g/mol. The van der Waals surface area contributed by atoms with Crippen molar-refractivity contribution in [3.05, 3.63) is 23.8 Å². The molecule has 0 spiro atoms. The van der Waals surface area contributed by atoms with E-state index in [2.05, 4.69) is 0 Å². The summed E-state index contributed by atoms with van der Waals surface area (Å²) in [5.41, 5.74) is 0.909. The van der Waals surface area contributed by atoms with Crippen LogP contribution >= 0.6 is 10.7 Å². The van der Waals surface area contributed by atoms with Crippen LogP contribution in [0.2, 0.25) is 0 Å². The van der Waals surface area contributed by atoms with E-state index in [-0.39, 0.29) is 5.75 Å². The van der Waals surface area contributed by atoms with Gasteiger partial charge >= 0.3 is 0 Å². The maximum Gasteiger partial charge on any atom is 0.232 e. The minimum Gasteiger partial charge on any atom is -0.497 e. The first-order valence-corrected chi connectivity index (χ1v) is 7.57. The highest BCUT2D eigenvalue weighted by atomic mass is 35.7. The van der Waals surface area contributed by atoms with Crippen LogP contribution in [0.4, 0.5) is 0 Å². The van der Waals surface area contributed by atoms with Gasteiger partial charge in [0.05, 0.1) is 20.0 Å². The van der Waals surface area contributed by atoms with Crippen molar-refractivity contribution >= 4 is 19.7 Å². The number of hydrogen-bond donors (Lipinski definition) is 0. The van der Waals surface area contributed by atoms with Gasteiger partial charge in [-0.2, -0.15) is 0 Å². The van der Waals surface area contributed by atoms with Gasteiger partial charge in [-0.1, -0.05) is 0 Å². The van der Waals surface area contributed by atoms with Gasteiger partial charge < -0.3 is 9.47 Å². The lowest BCUT2D eigenvalue weighted by atomic mass is 10.1. The molecule has 4 nitrogen and oxygen atoms in total. The van der Waals surface area contributed by atoms with E-state index < -0.39 is 9.05 Å². The number of methoxy groups -OCH3 is 2. The molecule has 1 aromatic rings. The van der Waals surface area contributed by atoms with Gasteiger partial charge in [0, 0.05) is 10.7 Å². The number of rotatable bonds is 6. The summed E-state index contributed by atoms with van der Waals surface area (Å²) < 4.78 is 31.9. The molecular formula is C11H15ClO4S. The van der Waals surface area contributed by atoms with Crippen molar-refractivity contribution < 1.29 is 17.9 Å². The molecule has 0 heterocycles. The lowest BCUT2D eigenvalue weighted by molar-refractivity contribution is 0.398. The van der Waals surface area contributed by atoms with E-state index in [4.69, 9.17) is 20.2 Å². The second kappa shape index (κ2) is 6.12. The summed E-state index contributed by atoms with van der Waals surface area (Å²) in [7, 11) is 4.87. The fraction of sp³-hybridized carbons (Fsp3) is 0.455. The van der Waals surface area contributed by atoms with Crippen LogP contribution in [-0.2, 0) is 15.5 Å². The lowest BCUT2D eigenvalue weighted by Gasteiger charge is -2.09. The maximum atomic E-state index is 10.8. The van der Waals surface area contributed by atoms with Crippen molar-refractivity contribution in [2.45, 2.75) is 12.8 Å². The maximum absolute atomic E-state index is 10.8. The number of ether oxygens (including phenoxy) is 2. The van der Waals surface area contributed by atoms with Gasteiger partial charge in [0.1, 0.15) is 11.5 Å². The minimum absolute atomic E-state index is 0.0467. The highest BCUT2D eigenvalue weighted by Crippen LogP contribution is 2.25. The molecule has 1 rings (SSSR count). The summed E-state index contributed by atoms with van der Waals surface area (Å²) in [4.78, 5) is 0. The SMILES string of the molecule is COc1ccc(OC)c(CCCS(=O)(=O)Cl)c1. The Morgan fingerprint density at radius 3 is 2.47 bits per heavy atom. The molecule has 0 saturated heterocycles. The van der Waals surface area contributed by atoms with Crippen molar-refractivity contribution in [1.29, 1.82) is 0 Å². The van der Waals surface area contributed by atoms with Crippen molar-refractivity contribution in [1.82, 2.24) is 0 Å². The molecule has 0 bridgehead atoms. The van der Waals surface area contributed by atoms with Crippen LogP contribution in [0.3, 0.4) is 0 Å². The van der Waals surface area contributed by atoms with Gasteiger partial charge in [0.15, 0.2) is 0 Å². The Bertz CT molecular complexity index is 470. The zero-order valence-corrected chi connectivity index (χ0v) is 11.3. The molecule has 17 heavy (non-hydrogen) atoms. The second-order valence-electron chi connectivity index (χ2n) is 3.52. The third-order valence-corrected chi connectivity index (χ3v) is 3.56. The van der Waals surface area contributed by atoms with E-state index in [0.29, 0.717) is 12.8 Å². The van der Waals surface area contributed by atoms with Crippen LogP contribution in [0, 0.1) is 0 Å². The fourth-order valence-electron chi connectivity index (χ4n) is 1.51. The number of benzene rings is 1. The monoisotopic (exact) mass is 278 g/mol. The van der Waals surface area contributed by atoms with Crippen molar-refractivity contribution in [2.75, 3.05) is 20.0 Å². The number of halogens is 1. The van der Waals surface area contributed by atoms with Crippen molar-refractivity contribution in [3.8, 4) is 11.5 Å². The number of aryl methyl sites for hydroxylation is 1. The molecule has 96 valence electrons. The topological polar surface area (TPSA) is 52.6 Å². The van der Waals surface area contributed by atoms with E-state index in [1.165, 1.54) is 0 Å². The molecule has 0 N–H and O–H groups in total. The van der Waals surface area contributed by atoms with Crippen LogP contribution in [-0.4, -0.2) is 28.4 Å². The zero-order valence-electron chi connectivity index (χ0n) is 9.77. The summed E-state index contributed by atoms with van der Waals surface area (Å²) in [6.45, 7) is 0. The largest absolute Gasteiger partial charge is 0.497 e. The Kier molecular flexibility index (Phi) is 5.08. The van der Waals surface area contributed by atoms with Crippen molar-refractivity contribution in [2.24, 2.45) is 0 Å². The summed E-state index contributed by atoms with van der Waals surface area (Å²) in [5, 5.41) is 0. The fourth-order valence-corrected chi connectivity index (χ4v) is 2.33. The molecule has 0 aliphatic rings. The molecule has 0 fully saturated rings. The molecule has 0 radical (unpaired) electrons. The molecule has 6 heteroatoms. The molecule has 0 atom stereocenters. The van der Waals surface area contributed by atoms with Gasteiger partial charge in [-0.15, -0.1) is 0 Å². The van der Waals surface area contributed by atoms with Gasteiger partial charge in [-0.3, -0.25) is 0 Å². The van der Waals surface area contributed by atoms with Crippen LogP contribution in [0.15, 0.2) is 18.2 Å². The molecule has 0 aliphatic carbocycles. The van der Waals surface area contributed by atoms with Crippen LogP contribution in [0.1, 0.15) is 12.0 Å². The molecule has 1 aromatic carbocycles. The van der Waals surface area contributed by atoms with Crippen molar-refractivity contribution in [3.63, 3.8) is 0 Å². The Morgan fingerprint density at radius 2 is 1.94 bits per heavy atom. The standard InChI is InChI=1S/C11H15ClO4S/c1-15-10-5-6-11(16-2)9(8-10)4-3-7-17(12,13)14/h5-6,8H,3-4,7H2,1-2H3. The van der Waals surface area contributed by atoms with E-state index >= 15 is 0 Å². The quantitative estimate of drug-likeness (QED) is 0.749. The predicted octanol–water partition coefficient (Wildman–Crippen LogP) is 2.21. The third-order valence-electron chi connectivity index (χ3n) is 2.32. The minimum atomic E-state index is -3.43. The van der Waals surface area contributed by atoms with Gasteiger partial charge in [-0.25, -0.2) is 8.42 Å². The normalized spacial score (nSPS) is 11.2. The lowest BCUT2D eigenvalue weighted by Crippen LogP contribution is -2.00. The second-order valence-corrected chi connectivity index (χ2v) is 6.42. The van der Waals surface area contributed by atoms with Crippen LogP contribution in [0.25, 0.3) is 0 Å². The molecule has 0 aliphatic heterocycles. The molecular weight excluding hydrogens is 264 g/mol. The van der Waals surface area contributed by atoms with E-state index in [1.807, 2.05) is 6.07 Å². The molecule has 0 unspecified atom stereocenters. The van der Waals surface area contributed by atoms with Crippen LogP contribution in [0.5, 0.6) is 11.5 Å². The first-order chi connectivity index (χ1) is 7.96. The van der Waals surface area contributed by atoms with Gasteiger partial charge in [0.2, 0.25) is 9.05 Å². The highest BCUT2D eigenvalue weighted by molar-refractivity contribution is 8.13. The number of hydrogen-bond acceptors (Lipinski definition) is 4. The zero-order chi connectivity index (χ0) is 12.9. The predicted molar refractivity (Wildman–Crippen MR) is 67.5 cm³/mol. The molecule has 0 amide bonds. The molecule has 0 saturated carbocycles. The Labute approximate surface area is 106 Å². The highest BCUT2D eigenvalue weighted by Gasteiger charge is 2.08. The first-order valence-electron chi connectivity index (χ1n) is 5.09. The Balaban J connectivity index is 2.74. The van der Waals surface area contributed by atoms with E-state index in [1.54, 1.807) is 26.4 Å². The summed E-state index contributed by atoms with van der Waals surface area (Å²) in [6.07, 6.45) is 1.03. The Hall–Kier alpha value is -0.940. The summed E-state index contributed by atoms with van der Waals surface area (Å²) >= 11 is 0.